The molecule has 0 spiro atoms. The van der Waals surface area contributed by atoms with E-state index in [1.54, 1.807) is 11.3 Å². The van der Waals surface area contributed by atoms with Crippen LogP contribution in [-0.4, -0.2) is 34.9 Å². The number of rotatable bonds is 6. The highest BCUT2D eigenvalue weighted by Gasteiger charge is 2.16. The highest BCUT2D eigenvalue weighted by molar-refractivity contribution is 7.17. The third kappa shape index (κ3) is 4.48. The molecule has 152 valence electrons. The maximum atomic E-state index is 11.3. The summed E-state index contributed by atoms with van der Waals surface area (Å²) in [5.74, 6) is 1.46. The second-order valence-electron chi connectivity index (χ2n) is 7.31. The van der Waals surface area contributed by atoms with Gasteiger partial charge in [0.2, 0.25) is 5.91 Å². The van der Waals surface area contributed by atoms with Crippen molar-refractivity contribution in [2.24, 2.45) is 0 Å². The van der Waals surface area contributed by atoms with Crippen molar-refractivity contribution >= 4 is 44.7 Å². The summed E-state index contributed by atoms with van der Waals surface area (Å²) in [4.78, 5) is 23.9. The summed E-state index contributed by atoms with van der Waals surface area (Å²) < 4.78 is 0. The van der Waals surface area contributed by atoms with Crippen LogP contribution in [0.3, 0.4) is 0 Å². The van der Waals surface area contributed by atoms with Crippen molar-refractivity contribution in [3.05, 3.63) is 65.8 Å². The van der Waals surface area contributed by atoms with Crippen molar-refractivity contribution in [2.75, 3.05) is 24.7 Å². The van der Waals surface area contributed by atoms with Crippen molar-refractivity contribution in [3.8, 4) is 11.1 Å². The molecule has 0 atom stereocenters. The van der Waals surface area contributed by atoms with Gasteiger partial charge in [-0.1, -0.05) is 30.3 Å². The zero-order chi connectivity index (χ0) is 21.1. The number of hydrogen-bond acceptors (Lipinski definition) is 6. The van der Waals surface area contributed by atoms with E-state index in [0.29, 0.717) is 6.54 Å². The molecule has 30 heavy (non-hydrogen) atoms. The molecule has 0 aliphatic heterocycles. The minimum absolute atomic E-state index is 0.0904. The number of benzene rings is 2. The summed E-state index contributed by atoms with van der Waals surface area (Å²) in [5.41, 5.74) is 3.90. The predicted molar refractivity (Wildman–Crippen MR) is 124 cm³/mol. The van der Waals surface area contributed by atoms with Gasteiger partial charge in [0.05, 0.1) is 11.9 Å². The summed E-state index contributed by atoms with van der Waals surface area (Å²) in [6.07, 6.45) is 0. The molecule has 4 rings (SSSR count). The number of carbonyl (C=O) groups excluding carboxylic acids is 1. The quantitative estimate of drug-likeness (QED) is 0.456. The minimum atomic E-state index is -0.0904. The zero-order valence-electron chi connectivity index (χ0n) is 17.1. The minimum Gasteiger partial charge on any atom is -0.340 e. The van der Waals surface area contributed by atoms with Gasteiger partial charge < -0.3 is 15.5 Å². The van der Waals surface area contributed by atoms with Crippen LogP contribution in [0.15, 0.2) is 60.0 Å². The van der Waals surface area contributed by atoms with E-state index < -0.39 is 0 Å². The normalized spacial score (nSPS) is 11.1. The summed E-state index contributed by atoms with van der Waals surface area (Å²) >= 11 is 1.63. The number of thiophene rings is 1. The monoisotopic (exact) mass is 417 g/mol. The molecule has 2 heterocycles. The van der Waals surface area contributed by atoms with E-state index in [4.69, 9.17) is 9.97 Å². The Kier molecular flexibility index (Phi) is 5.74. The molecule has 2 N–H and O–H groups in total. The van der Waals surface area contributed by atoms with Crippen LogP contribution < -0.4 is 10.6 Å². The fraction of sp³-hybridized carbons (Fsp3) is 0.174. The molecule has 2 aromatic carbocycles. The van der Waals surface area contributed by atoms with E-state index in [-0.39, 0.29) is 5.91 Å². The Balaban J connectivity index is 1.77. The first kappa shape index (κ1) is 20.0. The van der Waals surface area contributed by atoms with Gasteiger partial charge in [-0.2, -0.15) is 0 Å². The van der Waals surface area contributed by atoms with Gasteiger partial charge in [0.25, 0.3) is 0 Å². The molecule has 0 fully saturated rings. The van der Waals surface area contributed by atoms with Crippen LogP contribution in [0.2, 0.25) is 0 Å². The first-order chi connectivity index (χ1) is 14.5. The molecular weight excluding hydrogens is 394 g/mol. The van der Waals surface area contributed by atoms with E-state index in [1.165, 1.54) is 6.92 Å². The number of hydrogen-bond donors (Lipinski definition) is 2. The Morgan fingerprint density at radius 3 is 2.37 bits per heavy atom. The average Bonchev–Trinajstić information content (AvgIpc) is 3.13. The van der Waals surface area contributed by atoms with E-state index in [2.05, 4.69) is 33.0 Å². The second kappa shape index (κ2) is 8.61. The van der Waals surface area contributed by atoms with E-state index in [9.17, 15) is 4.79 Å². The molecule has 4 aromatic rings. The van der Waals surface area contributed by atoms with Crippen molar-refractivity contribution in [1.82, 2.24) is 14.9 Å². The van der Waals surface area contributed by atoms with E-state index in [1.807, 2.05) is 56.6 Å². The lowest BCUT2D eigenvalue weighted by Gasteiger charge is -2.13. The van der Waals surface area contributed by atoms with Gasteiger partial charge in [-0.15, -0.1) is 11.3 Å². The molecule has 0 unspecified atom stereocenters. The Labute approximate surface area is 179 Å². The first-order valence-electron chi connectivity index (χ1n) is 9.62. The lowest BCUT2D eigenvalue weighted by Crippen LogP contribution is -2.14. The Morgan fingerprint density at radius 2 is 1.70 bits per heavy atom. The number of fused-ring (bicyclic) bond motifs is 1. The number of anilines is 3. The molecule has 6 nitrogen and oxygen atoms in total. The molecule has 7 heteroatoms. The Bertz CT molecular complexity index is 1170. The number of aromatic nitrogens is 2. The molecule has 0 aliphatic rings. The van der Waals surface area contributed by atoms with Gasteiger partial charge in [-0.3, -0.25) is 4.79 Å². The molecule has 0 radical (unpaired) electrons. The van der Waals surface area contributed by atoms with E-state index in [0.717, 1.165) is 44.4 Å². The third-order valence-electron chi connectivity index (χ3n) is 4.49. The molecule has 1 amide bonds. The van der Waals surface area contributed by atoms with Gasteiger partial charge in [0.15, 0.2) is 0 Å². The van der Waals surface area contributed by atoms with Crippen LogP contribution in [0.25, 0.3) is 21.3 Å². The van der Waals surface area contributed by atoms with Crippen LogP contribution in [0.1, 0.15) is 12.7 Å². The Hall–Kier alpha value is -3.29. The van der Waals surface area contributed by atoms with Gasteiger partial charge in [-0.25, -0.2) is 9.97 Å². The number of nitrogens with one attached hydrogen (secondary N) is 2. The van der Waals surface area contributed by atoms with Crippen molar-refractivity contribution in [3.63, 3.8) is 0 Å². The Morgan fingerprint density at radius 1 is 1.00 bits per heavy atom. The lowest BCUT2D eigenvalue weighted by atomic mass is 10.1. The molecule has 0 saturated heterocycles. The highest BCUT2D eigenvalue weighted by Crippen LogP contribution is 2.38. The summed E-state index contributed by atoms with van der Waals surface area (Å²) in [6, 6.07) is 17.9. The largest absolute Gasteiger partial charge is 0.340 e. The fourth-order valence-corrected chi connectivity index (χ4v) is 4.20. The topological polar surface area (TPSA) is 70.2 Å². The second-order valence-corrected chi connectivity index (χ2v) is 8.16. The molecule has 0 bridgehead atoms. The van der Waals surface area contributed by atoms with E-state index >= 15 is 0 Å². The number of nitrogens with zero attached hydrogens (tertiary/aromatic N) is 3. The van der Waals surface area contributed by atoms with Crippen molar-refractivity contribution in [2.45, 2.75) is 13.5 Å². The molecule has 0 aliphatic carbocycles. The molecule has 2 aromatic heterocycles. The smallest absolute Gasteiger partial charge is 0.221 e. The standard InChI is InChI=1S/C23H23N5OS/c1-15(29)24-17-9-11-18(12-10-17)25-22-21-19(16-7-5-4-6-8-16)14-30-23(21)27-20(26-22)13-28(2)3/h4-12,14H,13H2,1-3H3,(H,24,29)(H,25,26,27). The van der Waals surface area contributed by atoms with Crippen LogP contribution in [0, 0.1) is 0 Å². The van der Waals surface area contributed by atoms with Crippen LogP contribution in [-0.2, 0) is 11.3 Å². The summed E-state index contributed by atoms with van der Waals surface area (Å²) in [6.45, 7) is 2.16. The van der Waals surface area contributed by atoms with Gasteiger partial charge in [0, 0.05) is 29.2 Å². The fourth-order valence-electron chi connectivity index (χ4n) is 3.24. The molecular formula is C23H23N5OS. The van der Waals surface area contributed by atoms with Gasteiger partial charge >= 0.3 is 0 Å². The van der Waals surface area contributed by atoms with Gasteiger partial charge in [-0.05, 0) is 43.9 Å². The highest BCUT2D eigenvalue weighted by atomic mass is 32.1. The SMILES string of the molecule is CC(=O)Nc1ccc(Nc2nc(CN(C)C)nc3scc(-c4ccccc4)c23)cc1. The zero-order valence-corrected chi connectivity index (χ0v) is 18.0. The predicted octanol–water partition coefficient (Wildman–Crippen LogP) is 5.12. The maximum absolute atomic E-state index is 11.3. The number of amides is 1. The first-order valence-corrected chi connectivity index (χ1v) is 10.5. The van der Waals surface area contributed by atoms with Crippen LogP contribution in [0.4, 0.5) is 17.2 Å². The summed E-state index contributed by atoms with van der Waals surface area (Å²) in [7, 11) is 4.01. The summed E-state index contributed by atoms with van der Waals surface area (Å²) in [5, 5.41) is 9.40. The number of carbonyl (C=O) groups is 1. The van der Waals surface area contributed by atoms with Crippen molar-refractivity contribution < 1.29 is 4.79 Å². The van der Waals surface area contributed by atoms with Crippen molar-refractivity contribution in [1.29, 1.82) is 0 Å². The van der Waals surface area contributed by atoms with Gasteiger partial charge in [0.1, 0.15) is 16.5 Å². The van der Waals surface area contributed by atoms with Crippen LogP contribution in [0.5, 0.6) is 0 Å². The molecule has 0 saturated carbocycles. The lowest BCUT2D eigenvalue weighted by molar-refractivity contribution is -0.114. The maximum Gasteiger partial charge on any atom is 0.221 e. The van der Waals surface area contributed by atoms with Crippen LogP contribution >= 0.6 is 11.3 Å². The third-order valence-corrected chi connectivity index (χ3v) is 5.36. The average molecular weight is 418 g/mol.